The third-order valence-corrected chi connectivity index (χ3v) is 4.41. The first-order chi connectivity index (χ1) is 12.5. The number of nitrogens with zero attached hydrogens (tertiary/aromatic N) is 2. The fourth-order valence-corrected chi connectivity index (χ4v) is 3.02. The lowest BCUT2D eigenvalue weighted by Crippen LogP contribution is -2.44. The van der Waals surface area contributed by atoms with Crippen LogP contribution in [-0.4, -0.2) is 57.9 Å². The highest BCUT2D eigenvalue weighted by Crippen LogP contribution is 2.21. The molecular formula is C18H20FN3O4. The standard InChI is InChI=1S/C18H20FN3O4/c19-13-3-1-12(2-4-13)15-11-16(21-20-15)18(25)22(8-5-17(23)24)14-6-9-26-10-7-14/h1-4,11,14H,5-10H2,(H,20,21)(H,23,24). The van der Waals surface area contributed by atoms with E-state index in [0.717, 1.165) is 0 Å². The molecule has 3 rings (SSSR count). The maximum atomic E-state index is 13.1. The molecule has 0 unspecified atom stereocenters. The molecule has 1 aliphatic rings. The van der Waals surface area contributed by atoms with E-state index in [1.165, 1.54) is 12.1 Å². The van der Waals surface area contributed by atoms with E-state index in [9.17, 15) is 14.0 Å². The number of carbonyl (C=O) groups is 2. The number of hydrogen-bond acceptors (Lipinski definition) is 4. The van der Waals surface area contributed by atoms with Gasteiger partial charge in [-0.3, -0.25) is 14.7 Å². The number of aliphatic carboxylic acids is 1. The fraction of sp³-hybridized carbons (Fsp3) is 0.389. The first-order valence-corrected chi connectivity index (χ1v) is 8.46. The minimum Gasteiger partial charge on any atom is -0.481 e. The molecule has 1 saturated heterocycles. The Morgan fingerprint density at radius 2 is 1.96 bits per heavy atom. The van der Waals surface area contributed by atoms with Gasteiger partial charge in [0.2, 0.25) is 0 Å². The molecule has 26 heavy (non-hydrogen) atoms. The van der Waals surface area contributed by atoms with Crippen molar-refractivity contribution >= 4 is 11.9 Å². The Balaban J connectivity index is 1.79. The summed E-state index contributed by atoms with van der Waals surface area (Å²) in [7, 11) is 0. The van der Waals surface area contributed by atoms with Crippen molar-refractivity contribution in [1.82, 2.24) is 15.1 Å². The van der Waals surface area contributed by atoms with Crippen LogP contribution < -0.4 is 0 Å². The summed E-state index contributed by atoms with van der Waals surface area (Å²) >= 11 is 0. The third-order valence-electron chi connectivity index (χ3n) is 4.41. The van der Waals surface area contributed by atoms with Crippen molar-refractivity contribution in [1.29, 1.82) is 0 Å². The van der Waals surface area contributed by atoms with E-state index in [1.807, 2.05) is 0 Å². The van der Waals surface area contributed by atoms with E-state index in [0.29, 0.717) is 37.3 Å². The summed E-state index contributed by atoms with van der Waals surface area (Å²) in [5.41, 5.74) is 1.49. The molecular weight excluding hydrogens is 341 g/mol. The number of ether oxygens (including phenoxy) is 1. The van der Waals surface area contributed by atoms with Gasteiger partial charge in [-0.25, -0.2) is 4.39 Å². The molecule has 0 saturated carbocycles. The van der Waals surface area contributed by atoms with Gasteiger partial charge >= 0.3 is 5.97 Å². The highest BCUT2D eigenvalue weighted by atomic mass is 19.1. The van der Waals surface area contributed by atoms with Crippen molar-refractivity contribution in [3.63, 3.8) is 0 Å². The molecule has 7 nitrogen and oxygen atoms in total. The molecule has 2 aromatic rings. The number of carboxylic acid groups (broad SMARTS) is 1. The Hall–Kier alpha value is -2.74. The van der Waals surface area contributed by atoms with E-state index in [4.69, 9.17) is 9.84 Å². The van der Waals surface area contributed by atoms with Crippen LogP contribution in [0.25, 0.3) is 11.3 Å². The first-order valence-electron chi connectivity index (χ1n) is 8.46. The zero-order valence-corrected chi connectivity index (χ0v) is 14.2. The van der Waals surface area contributed by atoms with Gasteiger partial charge in [0.05, 0.1) is 12.1 Å². The summed E-state index contributed by atoms with van der Waals surface area (Å²) in [6, 6.07) is 7.36. The van der Waals surface area contributed by atoms with Crippen molar-refractivity contribution in [3.8, 4) is 11.3 Å². The number of amides is 1. The predicted octanol–water partition coefficient (Wildman–Crippen LogP) is 2.31. The second-order valence-electron chi connectivity index (χ2n) is 6.16. The summed E-state index contributed by atoms with van der Waals surface area (Å²) in [4.78, 5) is 25.4. The SMILES string of the molecule is O=C(O)CCN(C(=O)c1cc(-c2ccc(F)cc2)n[nH]1)C1CCOCC1. The number of nitrogens with one attached hydrogen (secondary N) is 1. The number of H-pyrrole nitrogens is 1. The van der Waals surface area contributed by atoms with Gasteiger partial charge in [-0.05, 0) is 43.2 Å². The van der Waals surface area contributed by atoms with Crippen LogP contribution >= 0.6 is 0 Å². The smallest absolute Gasteiger partial charge is 0.305 e. The van der Waals surface area contributed by atoms with E-state index in [-0.39, 0.29) is 36.4 Å². The fourth-order valence-electron chi connectivity index (χ4n) is 3.02. The number of carboxylic acids is 1. The number of benzene rings is 1. The van der Waals surface area contributed by atoms with Crippen LogP contribution in [0.5, 0.6) is 0 Å². The third kappa shape index (κ3) is 4.26. The summed E-state index contributed by atoms with van der Waals surface area (Å²) in [6.07, 6.45) is 1.22. The average molecular weight is 361 g/mol. The van der Waals surface area contributed by atoms with Crippen molar-refractivity contribution in [2.24, 2.45) is 0 Å². The number of halogens is 1. The quantitative estimate of drug-likeness (QED) is 0.823. The van der Waals surface area contributed by atoms with E-state index < -0.39 is 5.97 Å². The normalized spacial score (nSPS) is 15.0. The van der Waals surface area contributed by atoms with E-state index in [2.05, 4.69) is 10.2 Å². The predicted molar refractivity (Wildman–Crippen MR) is 91.1 cm³/mol. The van der Waals surface area contributed by atoms with Crippen molar-refractivity contribution in [2.45, 2.75) is 25.3 Å². The van der Waals surface area contributed by atoms with Gasteiger partial charge in [0.25, 0.3) is 5.91 Å². The maximum Gasteiger partial charge on any atom is 0.305 e. The number of hydrogen-bond donors (Lipinski definition) is 2. The molecule has 0 bridgehead atoms. The van der Waals surface area contributed by atoms with Gasteiger partial charge in [0, 0.05) is 31.4 Å². The van der Waals surface area contributed by atoms with Gasteiger partial charge in [0.15, 0.2) is 0 Å². The Labute approximate surface area is 149 Å². The van der Waals surface area contributed by atoms with Crippen molar-refractivity contribution in [2.75, 3.05) is 19.8 Å². The van der Waals surface area contributed by atoms with E-state index in [1.54, 1.807) is 23.1 Å². The molecule has 1 amide bonds. The lowest BCUT2D eigenvalue weighted by Gasteiger charge is -2.33. The summed E-state index contributed by atoms with van der Waals surface area (Å²) < 4.78 is 18.4. The molecule has 8 heteroatoms. The summed E-state index contributed by atoms with van der Waals surface area (Å²) in [5.74, 6) is -1.59. The Morgan fingerprint density at radius 3 is 2.62 bits per heavy atom. The lowest BCUT2D eigenvalue weighted by molar-refractivity contribution is -0.137. The van der Waals surface area contributed by atoms with Crippen LogP contribution in [0.2, 0.25) is 0 Å². The number of carbonyl (C=O) groups excluding carboxylic acids is 1. The second kappa shape index (κ2) is 8.09. The molecule has 1 fully saturated rings. The highest BCUT2D eigenvalue weighted by molar-refractivity contribution is 5.93. The molecule has 0 spiro atoms. The zero-order valence-electron chi connectivity index (χ0n) is 14.2. The van der Waals surface area contributed by atoms with Crippen LogP contribution in [-0.2, 0) is 9.53 Å². The molecule has 1 aromatic carbocycles. The van der Waals surface area contributed by atoms with E-state index >= 15 is 0 Å². The van der Waals surface area contributed by atoms with Crippen molar-refractivity contribution in [3.05, 3.63) is 41.8 Å². The zero-order chi connectivity index (χ0) is 18.5. The topological polar surface area (TPSA) is 95.5 Å². The average Bonchev–Trinajstić information content (AvgIpc) is 3.13. The monoisotopic (exact) mass is 361 g/mol. The number of aromatic amines is 1. The van der Waals surface area contributed by atoms with Crippen molar-refractivity contribution < 1.29 is 23.8 Å². The first kappa shape index (κ1) is 18.1. The minimum absolute atomic E-state index is 0.0619. The Kier molecular flexibility index (Phi) is 5.62. The van der Waals surface area contributed by atoms with Crippen LogP contribution in [0.15, 0.2) is 30.3 Å². The van der Waals surface area contributed by atoms with Crippen LogP contribution in [0.4, 0.5) is 4.39 Å². The summed E-state index contributed by atoms with van der Waals surface area (Å²) in [5, 5.41) is 15.8. The molecule has 2 heterocycles. The molecule has 0 aliphatic carbocycles. The molecule has 138 valence electrons. The number of aromatic nitrogens is 2. The van der Waals surface area contributed by atoms with Gasteiger partial charge < -0.3 is 14.7 Å². The molecule has 1 aliphatic heterocycles. The lowest BCUT2D eigenvalue weighted by atomic mass is 10.1. The molecule has 0 radical (unpaired) electrons. The van der Waals surface area contributed by atoms with Gasteiger partial charge in [-0.2, -0.15) is 5.10 Å². The Bertz CT molecular complexity index is 769. The molecule has 1 aromatic heterocycles. The minimum atomic E-state index is -0.952. The maximum absolute atomic E-state index is 13.1. The highest BCUT2D eigenvalue weighted by Gasteiger charge is 2.28. The second-order valence-corrected chi connectivity index (χ2v) is 6.16. The van der Waals surface area contributed by atoms with Crippen LogP contribution in [0.3, 0.4) is 0 Å². The molecule has 0 atom stereocenters. The summed E-state index contributed by atoms with van der Waals surface area (Å²) in [6.45, 7) is 1.22. The molecule has 2 N–H and O–H groups in total. The van der Waals surface area contributed by atoms with Crippen LogP contribution in [0, 0.1) is 5.82 Å². The van der Waals surface area contributed by atoms with Gasteiger partial charge in [-0.15, -0.1) is 0 Å². The van der Waals surface area contributed by atoms with Crippen LogP contribution in [0.1, 0.15) is 29.8 Å². The Morgan fingerprint density at radius 1 is 1.27 bits per heavy atom. The largest absolute Gasteiger partial charge is 0.481 e. The number of rotatable bonds is 6. The van der Waals surface area contributed by atoms with Gasteiger partial charge in [-0.1, -0.05) is 0 Å². The van der Waals surface area contributed by atoms with Gasteiger partial charge in [0.1, 0.15) is 11.5 Å².